The Morgan fingerprint density at radius 3 is 2.69 bits per heavy atom. The number of benzene rings is 1. The van der Waals surface area contributed by atoms with E-state index in [9.17, 15) is 0 Å². The topological polar surface area (TPSA) is 63.7 Å². The van der Waals surface area contributed by atoms with Crippen LogP contribution in [-0.4, -0.2) is 20.2 Å². The average molecular weight is 344 g/mol. The number of nitrogens with zero attached hydrogens (tertiary/aromatic N) is 3. The lowest BCUT2D eigenvalue weighted by atomic mass is 10.0. The number of H-pyrrole nitrogens is 1. The molecule has 0 aliphatic rings. The fraction of sp³-hybridized carbons (Fsp3) is 0.190. The highest BCUT2D eigenvalue weighted by molar-refractivity contribution is 5.97. The second-order valence-electron chi connectivity index (χ2n) is 6.48. The summed E-state index contributed by atoms with van der Waals surface area (Å²) >= 11 is 0. The minimum absolute atomic E-state index is 0.465. The molecule has 4 aromatic rings. The number of hydrogen-bond donors (Lipinski definition) is 1. The summed E-state index contributed by atoms with van der Waals surface area (Å²) in [7, 11) is 0. The van der Waals surface area contributed by atoms with Gasteiger partial charge in [0.15, 0.2) is 0 Å². The number of rotatable bonds is 4. The van der Waals surface area contributed by atoms with Gasteiger partial charge in [0, 0.05) is 34.6 Å². The molecule has 0 fully saturated rings. The van der Waals surface area contributed by atoms with Gasteiger partial charge < -0.3 is 4.74 Å². The minimum Gasteiger partial charge on any atom is -0.487 e. The molecular weight excluding hydrogens is 324 g/mol. The molecule has 3 heterocycles. The highest BCUT2D eigenvalue weighted by atomic mass is 16.5. The lowest BCUT2D eigenvalue weighted by Crippen LogP contribution is -2.00. The number of aromatic amines is 1. The first-order chi connectivity index (χ1) is 12.6. The minimum atomic E-state index is 0.465. The van der Waals surface area contributed by atoms with Crippen LogP contribution >= 0.6 is 0 Å². The molecule has 0 bridgehead atoms. The van der Waals surface area contributed by atoms with Crippen molar-refractivity contribution in [3.05, 3.63) is 71.3 Å². The SMILES string of the molecule is Cc1cc(-c2[nH]ncc2C)c2cccc(OCc3cnccc3C)c2n1. The normalized spacial score (nSPS) is 11.0. The van der Waals surface area contributed by atoms with Gasteiger partial charge in [0.1, 0.15) is 17.9 Å². The summed E-state index contributed by atoms with van der Waals surface area (Å²) in [6.45, 7) is 6.57. The third-order valence-corrected chi connectivity index (χ3v) is 4.56. The van der Waals surface area contributed by atoms with E-state index in [0.717, 1.165) is 50.3 Å². The molecule has 0 unspecified atom stereocenters. The molecule has 0 radical (unpaired) electrons. The van der Waals surface area contributed by atoms with Crippen LogP contribution in [0.2, 0.25) is 0 Å². The van der Waals surface area contributed by atoms with Crippen LogP contribution in [0, 0.1) is 20.8 Å². The molecule has 1 aromatic carbocycles. The van der Waals surface area contributed by atoms with E-state index in [2.05, 4.69) is 34.2 Å². The summed E-state index contributed by atoms with van der Waals surface area (Å²) in [5.41, 5.74) is 7.24. The van der Waals surface area contributed by atoms with Crippen LogP contribution in [0.1, 0.15) is 22.4 Å². The number of hydrogen-bond acceptors (Lipinski definition) is 4. The Morgan fingerprint density at radius 1 is 1.04 bits per heavy atom. The molecule has 0 aliphatic carbocycles. The van der Waals surface area contributed by atoms with Gasteiger partial charge in [-0.1, -0.05) is 12.1 Å². The van der Waals surface area contributed by atoms with Gasteiger partial charge in [-0.25, -0.2) is 4.98 Å². The van der Waals surface area contributed by atoms with Crippen LogP contribution < -0.4 is 4.74 Å². The van der Waals surface area contributed by atoms with Gasteiger partial charge in [-0.2, -0.15) is 5.10 Å². The van der Waals surface area contributed by atoms with Gasteiger partial charge in [-0.15, -0.1) is 0 Å². The number of aromatic nitrogens is 4. The fourth-order valence-corrected chi connectivity index (χ4v) is 3.10. The van der Waals surface area contributed by atoms with E-state index in [0.29, 0.717) is 6.61 Å². The molecule has 5 heteroatoms. The standard InChI is InChI=1S/C21H20N4O/c1-13-7-8-22-11-16(13)12-26-19-6-4-5-17-18(9-15(3)24-21(17)19)20-14(2)10-23-25-20/h4-11H,12H2,1-3H3,(H,23,25). The van der Waals surface area contributed by atoms with Crippen molar-refractivity contribution in [3.63, 3.8) is 0 Å². The smallest absolute Gasteiger partial charge is 0.146 e. The number of aryl methyl sites for hydroxylation is 3. The van der Waals surface area contributed by atoms with E-state index in [-0.39, 0.29) is 0 Å². The predicted molar refractivity (Wildman–Crippen MR) is 102 cm³/mol. The summed E-state index contributed by atoms with van der Waals surface area (Å²) in [5, 5.41) is 8.30. The number of fused-ring (bicyclic) bond motifs is 1. The molecule has 0 atom stereocenters. The quantitative estimate of drug-likeness (QED) is 0.591. The van der Waals surface area contributed by atoms with Crippen LogP contribution in [-0.2, 0) is 6.61 Å². The monoisotopic (exact) mass is 344 g/mol. The van der Waals surface area contributed by atoms with Crippen LogP contribution in [0.3, 0.4) is 0 Å². The van der Waals surface area contributed by atoms with Gasteiger partial charge in [-0.3, -0.25) is 10.1 Å². The van der Waals surface area contributed by atoms with Crippen molar-refractivity contribution >= 4 is 10.9 Å². The third kappa shape index (κ3) is 2.92. The summed E-state index contributed by atoms with van der Waals surface area (Å²) < 4.78 is 6.12. The molecule has 5 nitrogen and oxygen atoms in total. The highest BCUT2D eigenvalue weighted by Gasteiger charge is 2.13. The molecule has 1 N–H and O–H groups in total. The van der Waals surface area contributed by atoms with Crippen LogP contribution in [0.25, 0.3) is 22.2 Å². The van der Waals surface area contributed by atoms with Gasteiger partial charge in [-0.05, 0) is 50.1 Å². The average Bonchev–Trinajstić information content (AvgIpc) is 3.06. The van der Waals surface area contributed by atoms with E-state index in [1.807, 2.05) is 44.4 Å². The van der Waals surface area contributed by atoms with Gasteiger partial charge in [0.05, 0.1) is 11.9 Å². The summed E-state index contributed by atoms with van der Waals surface area (Å²) in [5.74, 6) is 0.771. The second-order valence-corrected chi connectivity index (χ2v) is 6.48. The zero-order valence-corrected chi connectivity index (χ0v) is 15.1. The maximum atomic E-state index is 6.12. The Bertz CT molecular complexity index is 1080. The summed E-state index contributed by atoms with van der Waals surface area (Å²) in [6.07, 6.45) is 5.47. The molecule has 0 saturated heterocycles. The third-order valence-electron chi connectivity index (χ3n) is 4.56. The van der Waals surface area contributed by atoms with Crippen molar-refractivity contribution in [2.45, 2.75) is 27.4 Å². The first kappa shape index (κ1) is 16.3. The van der Waals surface area contributed by atoms with E-state index in [4.69, 9.17) is 9.72 Å². The first-order valence-corrected chi connectivity index (χ1v) is 8.56. The van der Waals surface area contributed by atoms with E-state index < -0.39 is 0 Å². The number of ether oxygens (including phenoxy) is 1. The fourth-order valence-electron chi connectivity index (χ4n) is 3.10. The van der Waals surface area contributed by atoms with Crippen LogP contribution in [0.15, 0.2) is 48.9 Å². The maximum absolute atomic E-state index is 6.12. The summed E-state index contributed by atoms with van der Waals surface area (Å²) in [6, 6.07) is 10.1. The zero-order chi connectivity index (χ0) is 18.1. The van der Waals surface area contributed by atoms with Gasteiger partial charge >= 0.3 is 0 Å². The summed E-state index contributed by atoms with van der Waals surface area (Å²) in [4.78, 5) is 8.92. The Kier molecular flexibility index (Phi) is 4.13. The molecule has 0 amide bonds. The Hall–Kier alpha value is -3.21. The van der Waals surface area contributed by atoms with E-state index >= 15 is 0 Å². The van der Waals surface area contributed by atoms with Crippen LogP contribution in [0.4, 0.5) is 0 Å². The molecule has 130 valence electrons. The number of para-hydroxylation sites is 1. The molecule has 26 heavy (non-hydrogen) atoms. The van der Waals surface area contributed by atoms with Crippen molar-refractivity contribution in [2.24, 2.45) is 0 Å². The van der Waals surface area contributed by atoms with E-state index in [1.54, 1.807) is 6.20 Å². The number of pyridine rings is 2. The predicted octanol–water partition coefficient (Wildman–Crippen LogP) is 4.52. The van der Waals surface area contributed by atoms with Crippen LogP contribution in [0.5, 0.6) is 5.75 Å². The Labute approximate surface area is 152 Å². The lowest BCUT2D eigenvalue weighted by Gasteiger charge is -2.13. The molecule has 4 rings (SSSR count). The second kappa shape index (κ2) is 6.59. The van der Waals surface area contributed by atoms with Gasteiger partial charge in [0.2, 0.25) is 0 Å². The molecule has 3 aromatic heterocycles. The number of nitrogens with one attached hydrogen (secondary N) is 1. The first-order valence-electron chi connectivity index (χ1n) is 8.56. The van der Waals surface area contributed by atoms with E-state index in [1.165, 1.54) is 0 Å². The Balaban J connectivity index is 1.78. The van der Waals surface area contributed by atoms with Crippen molar-refractivity contribution in [1.29, 1.82) is 0 Å². The van der Waals surface area contributed by atoms with Gasteiger partial charge in [0.25, 0.3) is 0 Å². The molecule has 0 spiro atoms. The zero-order valence-electron chi connectivity index (χ0n) is 15.1. The van der Waals surface area contributed by atoms with Crippen molar-refractivity contribution in [1.82, 2.24) is 20.2 Å². The molecular formula is C21H20N4O. The highest BCUT2D eigenvalue weighted by Crippen LogP contribution is 2.33. The lowest BCUT2D eigenvalue weighted by molar-refractivity contribution is 0.308. The molecule has 0 aliphatic heterocycles. The largest absolute Gasteiger partial charge is 0.487 e. The van der Waals surface area contributed by atoms with Crippen molar-refractivity contribution < 1.29 is 4.74 Å². The Morgan fingerprint density at radius 2 is 1.92 bits per heavy atom. The molecule has 0 saturated carbocycles. The van der Waals surface area contributed by atoms with Crippen molar-refractivity contribution in [3.8, 4) is 17.0 Å². The van der Waals surface area contributed by atoms with Crippen molar-refractivity contribution in [2.75, 3.05) is 0 Å². The maximum Gasteiger partial charge on any atom is 0.146 e.